The summed E-state index contributed by atoms with van der Waals surface area (Å²) >= 11 is 7.99. The Bertz CT molecular complexity index is 3630. The van der Waals surface area contributed by atoms with E-state index in [9.17, 15) is 0 Å². The highest BCUT2D eigenvalue weighted by atomic mass is 32.1. The fourth-order valence-electron chi connectivity index (χ4n) is 19.0. The summed E-state index contributed by atoms with van der Waals surface area (Å²) in [6.07, 6.45) is 76.2. The molecule has 0 spiro atoms. The van der Waals surface area contributed by atoms with E-state index in [0.717, 1.165) is 72.9 Å². The quantitative estimate of drug-likeness (QED) is 0.0282. The van der Waals surface area contributed by atoms with Gasteiger partial charge < -0.3 is 9.80 Å². The lowest BCUT2D eigenvalue weighted by Gasteiger charge is -2.18. The average Bonchev–Trinajstić information content (AvgIpc) is 1.57. The van der Waals surface area contributed by atoms with E-state index in [1.54, 1.807) is 5.56 Å². The van der Waals surface area contributed by atoms with Crippen molar-refractivity contribution in [1.29, 1.82) is 0 Å². The van der Waals surface area contributed by atoms with Crippen LogP contribution in [-0.2, 0) is 35.3 Å². The first-order valence-corrected chi connectivity index (χ1v) is 53.0. The molecule has 8 heteroatoms. The summed E-state index contributed by atoms with van der Waals surface area (Å²) in [4.78, 5) is 44.8. The molecule has 2 aromatic carbocycles. The molecule has 0 N–H and O–H groups in total. The van der Waals surface area contributed by atoms with Crippen LogP contribution < -0.4 is 9.80 Å². The molecule has 2 aliphatic heterocycles. The molecule has 0 aliphatic carbocycles. The minimum Gasteiger partial charge on any atom is -0.308 e. The lowest BCUT2D eigenvalue weighted by atomic mass is 9.88. The van der Waals surface area contributed by atoms with Crippen LogP contribution in [0.1, 0.15) is 456 Å². The first-order chi connectivity index (χ1) is 56.5. The SMILES string of the molecule is CCCCCCCCC(C)Cc1cc(-c2ccc3c(c2)N(CCCCCCCC)C(=O)/C3=C2/C(=O)N(CCCCCCCC)c3cc(-c4cc(CC(CCCCCC)CCCCCCCC)c(-c5cc(CC(CCCCCC)CCCCCCCC)cs5)s4)ccc32)sc1-c1cc(CC(CCCCCC)CCCCCCCC)cs1. The third-order valence-corrected chi connectivity index (χ3v) is 30.9. The summed E-state index contributed by atoms with van der Waals surface area (Å²) in [7, 11) is 0. The van der Waals surface area contributed by atoms with Crippen LogP contribution in [-0.4, -0.2) is 24.9 Å². The molecule has 642 valence electrons. The van der Waals surface area contributed by atoms with Gasteiger partial charge in [0.25, 0.3) is 11.8 Å². The van der Waals surface area contributed by atoms with Gasteiger partial charge in [0.05, 0.1) is 22.5 Å². The molecule has 4 nitrogen and oxygen atoms in total. The third-order valence-electron chi connectivity index (χ3n) is 26.2. The molecule has 0 fully saturated rings. The number of nitrogens with zero attached hydrogens (tertiary/aromatic N) is 2. The molecule has 8 rings (SSSR count). The van der Waals surface area contributed by atoms with Crippen LogP contribution >= 0.6 is 45.3 Å². The normalized spacial score (nSPS) is 14.7. The smallest absolute Gasteiger partial charge is 0.259 e. The standard InChI is InChI=1S/C107H168N2O2S4/c1-11-20-29-38-44-50-59-84(10)72-92-80-98(114-104(92)100-76-88(82-112-100)73-85(60-51-35-26-17-7)62-54-45-39-30-21-12-2)90-66-68-94-96(78-90)108(70-57-48-42-33-24-15-5)106(110)102(94)103-95-69-67-91(79-97(95)109(107(103)111)71-58-49-43-34-25-16-6)99-81-93(75-87(64-53-37-28-19-9)65-56-47-41-32-23-14-4)105(115-99)101-77-89(83-113-101)74-86(61-52-36-27-18-8)63-55-46-40-31-22-13-3/h66-69,76-87H,11-65,70-75H2,1-10H3/b103-102+. The predicted molar refractivity (Wildman–Crippen MR) is 517 cm³/mol. The van der Waals surface area contributed by atoms with Crippen LogP contribution in [0.5, 0.6) is 0 Å². The molecule has 0 saturated heterocycles. The lowest BCUT2D eigenvalue weighted by Crippen LogP contribution is -2.30. The van der Waals surface area contributed by atoms with Crippen molar-refractivity contribution < 1.29 is 9.59 Å². The van der Waals surface area contributed by atoms with E-state index in [-0.39, 0.29) is 11.8 Å². The number of hydrogen-bond donors (Lipinski definition) is 0. The number of rotatable bonds is 69. The minimum absolute atomic E-state index is 0.00106. The number of unbranched alkanes of at least 4 members (excludes halogenated alkanes) is 39. The number of carbonyl (C=O) groups excluding carboxylic acids is 2. The average molecular weight is 1640 g/mol. The number of hydrogen-bond acceptors (Lipinski definition) is 6. The zero-order valence-electron chi connectivity index (χ0n) is 75.7. The summed E-state index contributed by atoms with van der Waals surface area (Å²) in [6.45, 7) is 24.8. The van der Waals surface area contributed by atoms with Crippen LogP contribution in [0, 0.1) is 23.7 Å². The second kappa shape index (κ2) is 57.3. The van der Waals surface area contributed by atoms with Gasteiger partial charge in [0.2, 0.25) is 0 Å². The van der Waals surface area contributed by atoms with Gasteiger partial charge in [0.15, 0.2) is 0 Å². The Morgan fingerprint density at radius 2 is 0.565 bits per heavy atom. The molecule has 4 unspecified atom stereocenters. The van der Waals surface area contributed by atoms with Crippen LogP contribution in [0.25, 0.3) is 51.5 Å². The zero-order valence-corrected chi connectivity index (χ0v) is 79.0. The van der Waals surface area contributed by atoms with Crippen molar-refractivity contribution in [2.24, 2.45) is 23.7 Å². The fourth-order valence-corrected chi connectivity index (χ4v) is 23.6. The van der Waals surface area contributed by atoms with Crippen molar-refractivity contribution in [3.8, 4) is 40.4 Å². The molecule has 6 aromatic rings. The van der Waals surface area contributed by atoms with E-state index in [2.05, 4.69) is 150 Å². The highest BCUT2D eigenvalue weighted by Gasteiger charge is 2.43. The van der Waals surface area contributed by atoms with Crippen LogP contribution in [0.15, 0.2) is 71.4 Å². The van der Waals surface area contributed by atoms with Crippen molar-refractivity contribution in [2.45, 2.75) is 448 Å². The summed E-state index contributed by atoms with van der Waals surface area (Å²) in [5, 5.41) is 5.07. The Morgan fingerprint density at radius 3 is 0.896 bits per heavy atom. The number of carbonyl (C=O) groups is 2. The highest BCUT2D eigenvalue weighted by Crippen LogP contribution is 2.52. The Labute approximate surface area is 723 Å². The van der Waals surface area contributed by atoms with E-state index in [1.165, 1.54) is 397 Å². The Morgan fingerprint density at radius 1 is 0.287 bits per heavy atom. The molecular formula is C107H168N2O2S4. The van der Waals surface area contributed by atoms with E-state index < -0.39 is 0 Å². The van der Waals surface area contributed by atoms with Gasteiger partial charge in [-0.05, 0) is 143 Å². The van der Waals surface area contributed by atoms with Crippen LogP contribution in [0.2, 0.25) is 0 Å². The predicted octanol–water partition coefficient (Wildman–Crippen LogP) is 36.5. The molecule has 6 heterocycles. The minimum atomic E-state index is 0.00106. The number of fused-ring (bicyclic) bond motifs is 2. The first kappa shape index (κ1) is 96.4. The maximum atomic E-state index is 16.1. The van der Waals surface area contributed by atoms with Gasteiger partial charge in [0, 0.05) is 53.5 Å². The molecule has 2 amide bonds. The number of thiophene rings is 4. The molecular weight excluding hydrogens is 1470 g/mol. The van der Waals surface area contributed by atoms with Gasteiger partial charge in [-0.1, -0.05) is 434 Å². The van der Waals surface area contributed by atoms with E-state index >= 15 is 9.59 Å². The second-order valence-electron chi connectivity index (χ2n) is 36.5. The van der Waals surface area contributed by atoms with Crippen molar-refractivity contribution >= 4 is 79.7 Å². The van der Waals surface area contributed by atoms with Crippen molar-refractivity contribution in [2.75, 3.05) is 22.9 Å². The summed E-state index contributed by atoms with van der Waals surface area (Å²) in [5.74, 6) is 2.76. The maximum absolute atomic E-state index is 16.1. The zero-order chi connectivity index (χ0) is 81.5. The molecule has 0 radical (unpaired) electrons. The Kier molecular flexibility index (Phi) is 48.0. The molecule has 4 atom stereocenters. The molecule has 2 aliphatic rings. The lowest BCUT2D eigenvalue weighted by molar-refractivity contribution is -0.114. The largest absolute Gasteiger partial charge is 0.308 e. The monoisotopic (exact) mass is 1640 g/mol. The Hall–Kier alpha value is -4.08. The Balaban J connectivity index is 1.20. The van der Waals surface area contributed by atoms with Crippen LogP contribution in [0.3, 0.4) is 0 Å². The topological polar surface area (TPSA) is 40.6 Å². The second-order valence-corrected chi connectivity index (χ2v) is 40.5. The van der Waals surface area contributed by atoms with Gasteiger partial charge >= 0.3 is 0 Å². The number of anilines is 2. The summed E-state index contributed by atoms with van der Waals surface area (Å²) < 4.78 is 0. The van der Waals surface area contributed by atoms with Gasteiger partial charge in [-0.15, -0.1) is 45.3 Å². The van der Waals surface area contributed by atoms with Crippen LogP contribution in [0.4, 0.5) is 11.4 Å². The van der Waals surface area contributed by atoms with E-state index in [1.807, 2.05) is 45.3 Å². The van der Waals surface area contributed by atoms with Crippen molar-refractivity contribution in [3.05, 3.63) is 105 Å². The van der Waals surface area contributed by atoms with Gasteiger partial charge in [-0.2, -0.15) is 0 Å². The van der Waals surface area contributed by atoms with Gasteiger partial charge in [0.1, 0.15) is 0 Å². The number of benzene rings is 2. The van der Waals surface area contributed by atoms with Gasteiger partial charge in [-0.3, -0.25) is 9.59 Å². The molecule has 0 saturated carbocycles. The molecule has 4 aromatic heterocycles. The third kappa shape index (κ3) is 32.7. The maximum Gasteiger partial charge on any atom is 0.259 e. The van der Waals surface area contributed by atoms with Crippen molar-refractivity contribution in [1.82, 2.24) is 0 Å². The highest BCUT2D eigenvalue weighted by molar-refractivity contribution is 7.24. The first-order valence-electron chi connectivity index (χ1n) is 49.6. The molecule has 115 heavy (non-hydrogen) atoms. The number of amides is 2. The molecule has 0 bridgehead atoms. The van der Waals surface area contributed by atoms with E-state index in [4.69, 9.17) is 0 Å². The summed E-state index contributed by atoms with van der Waals surface area (Å²) in [5.41, 5.74) is 13.5. The van der Waals surface area contributed by atoms with Gasteiger partial charge in [-0.25, -0.2) is 0 Å². The van der Waals surface area contributed by atoms with E-state index in [0.29, 0.717) is 36.1 Å². The van der Waals surface area contributed by atoms with Crippen molar-refractivity contribution in [3.63, 3.8) is 0 Å². The fraction of sp³-hybridized carbons (Fsp3) is 0.701. The summed E-state index contributed by atoms with van der Waals surface area (Å²) in [6, 6.07) is 24.3.